The van der Waals surface area contributed by atoms with Crippen molar-refractivity contribution in [3.63, 3.8) is 0 Å². The van der Waals surface area contributed by atoms with E-state index in [1.807, 2.05) is 6.20 Å². The average Bonchev–Trinajstić information content (AvgIpc) is 3.07. The van der Waals surface area contributed by atoms with E-state index in [1.165, 1.54) is 42.7 Å². The van der Waals surface area contributed by atoms with Crippen LogP contribution in [0, 0.1) is 0 Å². The molecule has 21 heavy (non-hydrogen) atoms. The minimum absolute atomic E-state index is 0. The molecule has 0 spiro atoms. The van der Waals surface area contributed by atoms with Crippen LogP contribution in [-0.2, 0) is 13.0 Å². The van der Waals surface area contributed by atoms with Crippen molar-refractivity contribution in [3.05, 3.63) is 47.0 Å². The Kier molecular flexibility index (Phi) is 6.03. The third-order valence-corrected chi connectivity index (χ3v) is 4.85. The van der Waals surface area contributed by atoms with Crippen LogP contribution in [0.25, 0.3) is 0 Å². The van der Waals surface area contributed by atoms with Crippen molar-refractivity contribution in [2.75, 3.05) is 12.3 Å². The molecule has 2 heterocycles. The summed E-state index contributed by atoms with van der Waals surface area (Å²) in [5.41, 5.74) is 7.16. The number of thiazole rings is 1. The van der Waals surface area contributed by atoms with Crippen molar-refractivity contribution >= 4 is 28.9 Å². The molecule has 1 atom stereocenters. The van der Waals surface area contributed by atoms with Crippen LogP contribution in [0.2, 0.25) is 0 Å². The third kappa shape index (κ3) is 4.43. The predicted octanol–water partition coefficient (Wildman–Crippen LogP) is 3.74. The summed E-state index contributed by atoms with van der Waals surface area (Å²) in [7, 11) is 0. The Labute approximate surface area is 136 Å². The Balaban J connectivity index is 0.00000161. The molecule has 1 aromatic carbocycles. The van der Waals surface area contributed by atoms with E-state index in [4.69, 9.17) is 5.73 Å². The monoisotopic (exact) mass is 323 g/mol. The number of hydrogen-bond acceptors (Lipinski definition) is 4. The van der Waals surface area contributed by atoms with E-state index in [2.05, 4.69) is 40.2 Å². The van der Waals surface area contributed by atoms with Gasteiger partial charge in [0.05, 0.1) is 0 Å². The van der Waals surface area contributed by atoms with E-state index in [9.17, 15) is 0 Å². The largest absolute Gasteiger partial charge is 0.375 e. The number of halogens is 1. The molecule has 1 unspecified atom stereocenters. The summed E-state index contributed by atoms with van der Waals surface area (Å²) in [6, 6.07) is 11.5. The van der Waals surface area contributed by atoms with Crippen LogP contribution >= 0.6 is 23.7 Å². The molecule has 1 aliphatic rings. The predicted molar refractivity (Wildman–Crippen MR) is 92.0 cm³/mol. The second-order valence-electron chi connectivity index (χ2n) is 5.46. The first-order valence-corrected chi connectivity index (χ1v) is 8.11. The van der Waals surface area contributed by atoms with E-state index in [0.717, 1.165) is 6.54 Å². The summed E-state index contributed by atoms with van der Waals surface area (Å²) >= 11 is 1.62. The van der Waals surface area contributed by atoms with Crippen molar-refractivity contribution < 1.29 is 0 Å². The summed E-state index contributed by atoms with van der Waals surface area (Å²) in [6.45, 7) is 2.21. The van der Waals surface area contributed by atoms with Crippen LogP contribution in [0.15, 0.2) is 36.5 Å². The van der Waals surface area contributed by atoms with Gasteiger partial charge in [-0.2, -0.15) is 0 Å². The number of hydrogen-bond donors (Lipinski definition) is 1. The highest BCUT2D eigenvalue weighted by Crippen LogP contribution is 2.26. The van der Waals surface area contributed by atoms with Gasteiger partial charge in [-0.05, 0) is 37.8 Å². The normalized spacial score (nSPS) is 18.6. The standard InChI is InChI=1S/C16H21N3S.ClH/c17-16-18-11-15(20-16)12-19-10-4-7-14(19)9-8-13-5-2-1-3-6-13;/h1-3,5-6,11,14H,4,7-10,12H2,(H2,17,18);1H. The zero-order valence-electron chi connectivity index (χ0n) is 12.1. The van der Waals surface area contributed by atoms with Crippen molar-refractivity contribution in [1.29, 1.82) is 0 Å². The maximum absolute atomic E-state index is 5.71. The maximum atomic E-state index is 5.71. The fraction of sp³-hybridized carbons (Fsp3) is 0.438. The topological polar surface area (TPSA) is 42.1 Å². The number of nitrogens with zero attached hydrogens (tertiary/aromatic N) is 2. The number of benzene rings is 1. The molecular weight excluding hydrogens is 302 g/mol. The Morgan fingerprint density at radius 3 is 2.81 bits per heavy atom. The third-order valence-electron chi connectivity index (χ3n) is 4.04. The minimum atomic E-state index is 0. The summed E-state index contributed by atoms with van der Waals surface area (Å²) in [5, 5.41) is 0.681. The van der Waals surface area contributed by atoms with Gasteiger partial charge in [-0.3, -0.25) is 4.90 Å². The van der Waals surface area contributed by atoms with Gasteiger partial charge in [0, 0.05) is 23.7 Å². The van der Waals surface area contributed by atoms with Crippen LogP contribution in [0.1, 0.15) is 29.7 Å². The molecule has 3 rings (SSSR count). The van der Waals surface area contributed by atoms with Gasteiger partial charge >= 0.3 is 0 Å². The minimum Gasteiger partial charge on any atom is -0.375 e. The Bertz CT molecular complexity index is 543. The lowest BCUT2D eigenvalue weighted by Crippen LogP contribution is -2.29. The summed E-state index contributed by atoms with van der Waals surface area (Å²) in [4.78, 5) is 8.03. The molecule has 0 saturated carbocycles. The van der Waals surface area contributed by atoms with Crippen molar-refractivity contribution in [2.24, 2.45) is 0 Å². The second-order valence-corrected chi connectivity index (χ2v) is 6.60. The van der Waals surface area contributed by atoms with Crippen LogP contribution in [0.4, 0.5) is 5.13 Å². The maximum Gasteiger partial charge on any atom is 0.180 e. The molecular formula is C16H22ClN3S. The van der Waals surface area contributed by atoms with Gasteiger partial charge in [0.25, 0.3) is 0 Å². The Morgan fingerprint density at radius 2 is 2.10 bits per heavy atom. The van der Waals surface area contributed by atoms with Crippen molar-refractivity contribution in [1.82, 2.24) is 9.88 Å². The van der Waals surface area contributed by atoms with Gasteiger partial charge in [-0.1, -0.05) is 30.3 Å². The molecule has 3 nitrogen and oxygen atoms in total. The molecule has 0 amide bonds. The molecule has 0 aliphatic carbocycles. The summed E-state index contributed by atoms with van der Waals surface area (Å²) in [5.74, 6) is 0. The molecule has 2 N–H and O–H groups in total. The lowest BCUT2D eigenvalue weighted by Gasteiger charge is -2.23. The first-order valence-electron chi connectivity index (χ1n) is 7.29. The summed E-state index contributed by atoms with van der Waals surface area (Å²) < 4.78 is 0. The quantitative estimate of drug-likeness (QED) is 0.911. The van der Waals surface area contributed by atoms with E-state index in [1.54, 1.807) is 11.3 Å². The van der Waals surface area contributed by atoms with Gasteiger partial charge in [0.1, 0.15) is 0 Å². The molecule has 2 aromatic rings. The number of likely N-dealkylation sites (tertiary alicyclic amines) is 1. The zero-order chi connectivity index (χ0) is 13.8. The van der Waals surface area contributed by atoms with E-state index in [0.29, 0.717) is 11.2 Å². The smallest absolute Gasteiger partial charge is 0.180 e. The first kappa shape index (κ1) is 16.3. The lowest BCUT2D eigenvalue weighted by atomic mass is 10.0. The Morgan fingerprint density at radius 1 is 1.29 bits per heavy atom. The van der Waals surface area contributed by atoms with Gasteiger partial charge in [0.2, 0.25) is 0 Å². The van der Waals surface area contributed by atoms with Gasteiger partial charge in [-0.25, -0.2) is 4.98 Å². The highest BCUT2D eigenvalue weighted by molar-refractivity contribution is 7.15. The van der Waals surface area contributed by atoms with E-state index < -0.39 is 0 Å². The molecule has 1 saturated heterocycles. The average molecular weight is 324 g/mol. The first-order chi connectivity index (χ1) is 9.81. The molecule has 1 fully saturated rings. The zero-order valence-corrected chi connectivity index (χ0v) is 13.7. The van der Waals surface area contributed by atoms with Crippen molar-refractivity contribution in [3.8, 4) is 0 Å². The highest BCUT2D eigenvalue weighted by atomic mass is 35.5. The van der Waals surface area contributed by atoms with Gasteiger partial charge < -0.3 is 5.73 Å². The van der Waals surface area contributed by atoms with Crippen LogP contribution in [-0.4, -0.2) is 22.5 Å². The number of aromatic nitrogens is 1. The van der Waals surface area contributed by atoms with Gasteiger partial charge in [-0.15, -0.1) is 23.7 Å². The molecule has 1 aliphatic heterocycles. The van der Waals surface area contributed by atoms with Crippen LogP contribution in [0.5, 0.6) is 0 Å². The van der Waals surface area contributed by atoms with Crippen molar-refractivity contribution in [2.45, 2.75) is 38.3 Å². The fourth-order valence-electron chi connectivity index (χ4n) is 3.00. The number of rotatable bonds is 5. The molecule has 114 valence electrons. The summed E-state index contributed by atoms with van der Waals surface area (Å²) in [6.07, 6.45) is 6.98. The molecule has 0 bridgehead atoms. The lowest BCUT2D eigenvalue weighted by molar-refractivity contribution is 0.236. The van der Waals surface area contributed by atoms with Crippen LogP contribution in [0.3, 0.4) is 0 Å². The highest BCUT2D eigenvalue weighted by Gasteiger charge is 2.24. The molecule has 0 radical (unpaired) electrons. The molecule has 1 aromatic heterocycles. The Hall–Kier alpha value is -1.10. The van der Waals surface area contributed by atoms with E-state index >= 15 is 0 Å². The number of anilines is 1. The van der Waals surface area contributed by atoms with Gasteiger partial charge in [0.15, 0.2) is 5.13 Å². The van der Waals surface area contributed by atoms with Crippen LogP contribution < -0.4 is 5.73 Å². The molecule has 5 heteroatoms. The van der Waals surface area contributed by atoms with E-state index in [-0.39, 0.29) is 12.4 Å². The number of nitrogen functional groups attached to an aromatic ring is 1. The second kappa shape index (κ2) is 7.78. The number of nitrogens with two attached hydrogens (primary N) is 1. The fourth-order valence-corrected chi connectivity index (χ4v) is 3.71. The SMILES string of the molecule is Cl.Nc1ncc(CN2CCCC2CCc2ccccc2)s1. The number of aryl methyl sites for hydroxylation is 1.